The number of aliphatic carboxylic acids is 1. The number of carboxylic acids is 1. The van der Waals surface area contributed by atoms with E-state index in [2.05, 4.69) is 5.16 Å². The molecule has 1 N–H and O–H groups in total. The summed E-state index contributed by atoms with van der Waals surface area (Å²) in [6, 6.07) is 2.96. The molecular weight excluding hydrogens is 439 g/mol. The molecule has 1 saturated carbocycles. The van der Waals surface area contributed by atoms with Gasteiger partial charge in [0.05, 0.1) is 33.4 Å². The predicted octanol–water partition coefficient (Wildman–Crippen LogP) is 4.02. The molecule has 31 heavy (non-hydrogen) atoms. The van der Waals surface area contributed by atoms with Gasteiger partial charge in [-0.3, -0.25) is 4.79 Å². The Morgan fingerprint density at radius 1 is 1.29 bits per heavy atom. The third kappa shape index (κ3) is 4.33. The van der Waals surface area contributed by atoms with Crippen LogP contribution < -0.4 is 0 Å². The van der Waals surface area contributed by atoms with E-state index in [1.54, 1.807) is 20.8 Å². The van der Waals surface area contributed by atoms with Crippen molar-refractivity contribution in [3.63, 3.8) is 0 Å². The van der Waals surface area contributed by atoms with Gasteiger partial charge in [0.25, 0.3) is 0 Å². The number of carbonyl (C=O) groups is 1. The van der Waals surface area contributed by atoms with Crippen molar-refractivity contribution < 1.29 is 40.8 Å². The van der Waals surface area contributed by atoms with Crippen molar-refractivity contribution in [2.24, 2.45) is 5.92 Å². The summed E-state index contributed by atoms with van der Waals surface area (Å²) in [6.45, 7) is 4.92. The molecule has 1 aromatic carbocycles. The van der Waals surface area contributed by atoms with Gasteiger partial charge in [0, 0.05) is 12.2 Å². The average molecular weight is 461 g/mol. The molecule has 0 radical (unpaired) electrons. The van der Waals surface area contributed by atoms with Crippen molar-refractivity contribution in [1.29, 1.82) is 0 Å². The second kappa shape index (κ2) is 8.27. The summed E-state index contributed by atoms with van der Waals surface area (Å²) < 4.78 is 78.3. The first-order chi connectivity index (χ1) is 14.4. The van der Waals surface area contributed by atoms with Gasteiger partial charge >= 0.3 is 12.1 Å². The van der Waals surface area contributed by atoms with E-state index in [4.69, 9.17) is 9.26 Å². The lowest BCUT2D eigenvalue weighted by Crippen LogP contribution is -2.25. The van der Waals surface area contributed by atoms with Gasteiger partial charge in [-0.1, -0.05) is 11.2 Å². The average Bonchev–Trinajstić information content (AvgIpc) is 3.25. The molecule has 170 valence electrons. The highest BCUT2D eigenvalue weighted by Crippen LogP contribution is 2.42. The number of benzene rings is 1. The Balaban J connectivity index is 2.08. The molecule has 3 atom stereocenters. The van der Waals surface area contributed by atoms with Crippen molar-refractivity contribution in [2.75, 3.05) is 6.61 Å². The molecule has 11 heteroatoms. The zero-order chi connectivity index (χ0) is 23.1. The first-order valence-corrected chi connectivity index (χ1v) is 11.1. The van der Waals surface area contributed by atoms with Crippen LogP contribution in [0.4, 0.5) is 13.2 Å². The lowest BCUT2D eigenvalue weighted by Gasteiger charge is -2.18. The molecule has 0 saturated heterocycles. The Bertz CT molecular complexity index is 1070. The summed E-state index contributed by atoms with van der Waals surface area (Å²) in [7, 11) is -4.48. The second-order valence-electron chi connectivity index (χ2n) is 7.48. The van der Waals surface area contributed by atoms with E-state index in [9.17, 15) is 31.5 Å². The van der Waals surface area contributed by atoms with E-state index in [1.807, 2.05) is 0 Å². The number of alkyl halides is 3. The summed E-state index contributed by atoms with van der Waals surface area (Å²) in [6.07, 6.45) is -6.32. The molecule has 1 fully saturated rings. The van der Waals surface area contributed by atoms with E-state index in [1.165, 1.54) is 6.07 Å². The van der Waals surface area contributed by atoms with Gasteiger partial charge in [0.15, 0.2) is 9.84 Å². The summed E-state index contributed by atoms with van der Waals surface area (Å²) in [5.74, 6) is -2.03. The molecule has 0 amide bonds. The molecule has 0 aliphatic heterocycles. The maximum Gasteiger partial charge on any atom is 0.417 e. The third-order valence-electron chi connectivity index (χ3n) is 5.51. The smallest absolute Gasteiger partial charge is 0.417 e. The number of hydrogen-bond acceptors (Lipinski definition) is 6. The van der Waals surface area contributed by atoms with Crippen LogP contribution >= 0.6 is 0 Å². The Morgan fingerprint density at radius 2 is 1.97 bits per heavy atom. The van der Waals surface area contributed by atoms with Crippen molar-refractivity contribution in [2.45, 2.75) is 56.0 Å². The van der Waals surface area contributed by atoms with Crippen molar-refractivity contribution in [1.82, 2.24) is 5.16 Å². The number of carboxylic acid groups (broad SMARTS) is 1. The zero-order valence-electron chi connectivity index (χ0n) is 17.1. The zero-order valence-corrected chi connectivity index (χ0v) is 17.9. The first-order valence-electron chi connectivity index (χ1n) is 9.60. The molecule has 0 bridgehead atoms. The number of aryl methyl sites for hydroxylation is 2. The van der Waals surface area contributed by atoms with Crippen molar-refractivity contribution in [3.8, 4) is 11.1 Å². The number of hydrogen-bond donors (Lipinski definition) is 1. The summed E-state index contributed by atoms with van der Waals surface area (Å²) >= 11 is 0. The van der Waals surface area contributed by atoms with Gasteiger partial charge in [-0.15, -0.1) is 0 Å². The van der Waals surface area contributed by atoms with E-state index < -0.39 is 49.7 Å². The summed E-state index contributed by atoms with van der Waals surface area (Å²) in [4.78, 5) is 10.6. The van der Waals surface area contributed by atoms with Crippen LogP contribution in [0, 0.1) is 19.8 Å². The molecule has 1 aromatic heterocycles. The Hall–Kier alpha value is -2.40. The Morgan fingerprint density at radius 3 is 2.48 bits per heavy atom. The summed E-state index contributed by atoms with van der Waals surface area (Å²) in [5, 5.41) is 11.8. The SMILES string of the molecule is CCO[C@@H]1C[C@H](S(=O)(=O)c2ccc(-c3c(C)noc3C)cc2C(F)(F)F)C[C@H]1C(=O)O. The van der Waals surface area contributed by atoms with Crippen LogP contribution in [0.2, 0.25) is 0 Å². The first kappa shape index (κ1) is 23.3. The van der Waals surface area contributed by atoms with E-state index in [-0.39, 0.29) is 25.0 Å². The molecule has 1 aliphatic rings. The lowest BCUT2D eigenvalue weighted by molar-refractivity contribution is -0.146. The molecule has 3 rings (SSSR count). The van der Waals surface area contributed by atoms with E-state index in [0.717, 1.165) is 12.1 Å². The van der Waals surface area contributed by atoms with Crippen LogP contribution in [0.3, 0.4) is 0 Å². The monoisotopic (exact) mass is 461 g/mol. The minimum Gasteiger partial charge on any atom is -0.481 e. The van der Waals surface area contributed by atoms with Crippen LogP contribution in [0.25, 0.3) is 11.1 Å². The van der Waals surface area contributed by atoms with Crippen LogP contribution in [0.1, 0.15) is 36.8 Å². The van der Waals surface area contributed by atoms with E-state index in [0.29, 0.717) is 17.0 Å². The fraction of sp³-hybridized carbons (Fsp3) is 0.500. The van der Waals surface area contributed by atoms with Gasteiger partial charge in [-0.05, 0) is 51.3 Å². The predicted molar refractivity (Wildman–Crippen MR) is 103 cm³/mol. The van der Waals surface area contributed by atoms with E-state index >= 15 is 0 Å². The number of sulfone groups is 1. The highest BCUT2D eigenvalue weighted by molar-refractivity contribution is 7.92. The van der Waals surface area contributed by atoms with Crippen molar-refractivity contribution in [3.05, 3.63) is 35.2 Å². The van der Waals surface area contributed by atoms with Crippen LogP contribution in [0.15, 0.2) is 27.6 Å². The molecule has 0 unspecified atom stereocenters. The van der Waals surface area contributed by atoms with Gasteiger partial charge < -0.3 is 14.4 Å². The normalized spacial score (nSPS) is 22.1. The van der Waals surface area contributed by atoms with Gasteiger partial charge in [-0.25, -0.2) is 8.42 Å². The molecule has 1 aliphatic carbocycles. The maximum absolute atomic E-state index is 13.9. The van der Waals surface area contributed by atoms with Gasteiger partial charge in [0.1, 0.15) is 5.76 Å². The molecule has 7 nitrogen and oxygen atoms in total. The fourth-order valence-electron chi connectivity index (χ4n) is 4.10. The van der Waals surface area contributed by atoms with Crippen LogP contribution in [-0.4, -0.2) is 42.6 Å². The number of aromatic nitrogens is 1. The number of rotatable bonds is 6. The number of ether oxygens (including phenoxy) is 1. The highest BCUT2D eigenvalue weighted by atomic mass is 32.2. The fourth-order valence-corrected chi connectivity index (χ4v) is 6.10. The van der Waals surface area contributed by atoms with Crippen molar-refractivity contribution >= 4 is 15.8 Å². The maximum atomic E-state index is 13.9. The minimum absolute atomic E-state index is 0.129. The Kier molecular flexibility index (Phi) is 6.21. The quantitative estimate of drug-likeness (QED) is 0.692. The second-order valence-corrected chi connectivity index (χ2v) is 9.68. The molecular formula is C20H22F3NO6S. The number of nitrogens with zero attached hydrogens (tertiary/aromatic N) is 1. The largest absolute Gasteiger partial charge is 0.481 e. The third-order valence-corrected chi connectivity index (χ3v) is 7.74. The van der Waals surface area contributed by atoms with Crippen LogP contribution in [0.5, 0.6) is 0 Å². The molecule has 0 spiro atoms. The molecule has 1 heterocycles. The van der Waals surface area contributed by atoms with Crippen LogP contribution in [-0.2, 0) is 25.5 Å². The van der Waals surface area contributed by atoms with Gasteiger partial charge in [0.2, 0.25) is 0 Å². The number of halogens is 3. The summed E-state index contributed by atoms with van der Waals surface area (Å²) in [5.41, 5.74) is -0.445. The van der Waals surface area contributed by atoms with Gasteiger partial charge in [-0.2, -0.15) is 13.2 Å². The molecule has 2 aromatic rings. The minimum atomic E-state index is -4.94. The lowest BCUT2D eigenvalue weighted by atomic mass is 10.0. The Labute approximate surface area is 177 Å². The topological polar surface area (TPSA) is 107 Å². The standard InChI is InChI=1S/C20H22F3NO6S/c1-4-29-16-9-13(8-14(16)19(25)26)31(27,28)17-6-5-12(7-15(17)20(21,22)23)18-10(2)24-30-11(18)3/h5-7,13-14,16H,4,8-9H2,1-3H3,(H,25,26)/t13-,14-,16-/m1/s1. The highest BCUT2D eigenvalue weighted by Gasteiger charge is 2.47.